The van der Waals surface area contributed by atoms with Crippen molar-refractivity contribution < 1.29 is 43.3 Å². The zero-order chi connectivity index (χ0) is 32.3. The third kappa shape index (κ3) is 8.81. The Morgan fingerprint density at radius 3 is 2.47 bits per heavy atom. The third-order valence-corrected chi connectivity index (χ3v) is 7.84. The molecule has 0 aliphatic carbocycles. The minimum Gasteiger partial charge on any atom is -0.483 e. The van der Waals surface area contributed by atoms with Crippen LogP contribution in [-0.2, 0) is 23.9 Å². The Hall–Kier alpha value is -4.46. The molecule has 244 valence electrons. The van der Waals surface area contributed by atoms with E-state index in [4.69, 9.17) is 14.2 Å². The predicted molar refractivity (Wildman–Crippen MR) is 162 cm³/mol. The number of fused-ring (bicyclic) bond motifs is 1. The number of carbonyl (C=O) groups is 5. The third-order valence-electron chi connectivity index (χ3n) is 7.84. The fourth-order valence-electron chi connectivity index (χ4n) is 5.49. The lowest BCUT2D eigenvalue weighted by Crippen LogP contribution is -2.56. The van der Waals surface area contributed by atoms with E-state index in [9.17, 15) is 29.1 Å². The number of likely N-dealkylation sites (tertiary alicyclic amines) is 1. The van der Waals surface area contributed by atoms with E-state index in [0.29, 0.717) is 30.7 Å². The van der Waals surface area contributed by atoms with Crippen molar-refractivity contribution in [2.75, 3.05) is 59.2 Å². The molecule has 2 saturated heterocycles. The lowest BCUT2D eigenvalue weighted by molar-refractivity contribution is -0.138. The van der Waals surface area contributed by atoms with E-state index in [0.717, 1.165) is 12.8 Å². The van der Waals surface area contributed by atoms with Gasteiger partial charge in [-0.05, 0) is 45.2 Å². The van der Waals surface area contributed by atoms with E-state index in [1.165, 1.54) is 15.9 Å². The molecule has 4 rings (SSSR count). The van der Waals surface area contributed by atoms with Gasteiger partial charge in [-0.25, -0.2) is 9.78 Å². The summed E-state index contributed by atoms with van der Waals surface area (Å²) in [6.45, 7) is 6.18. The second-order valence-corrected chi connectivity index (χ2v) is 10.8. The fourth-order valence-corrected chi connectivity index (χ4v) is 5.49. The van der Waals surface area contributed by atoms with Gasteiger partial charge >= 0.3 is 12.1 Å². The molecule has 0 spiro atoms. The van der Waals surface area contributed by atoms with Gasteiger partial charge in [-0.3, -0.25) is 19.2 Å². The highest BCUT2D eigenvalue weighted by molar-refractivity contribution is 5.99. The van der Waals surface area contributed by atoms with Crippen LogP contribution in [0, 0.1) is 0 Å². The first-order valence-electron chi connectivity index (χ1n) is 15.3. The highest BCUT2D eigenvalue weighted by atomic mass is 16.6. The van der Waals surface area contributed by atoms with Crippen molar-refractivity contribution >= 4 is 40.7 Å². The van der Waals surface area contributed by atoms with Gasteiger partial charge in [-0.15, -0.1) is 0 Å². The summed E-state index contributed by atoms with van der Waals surface area (Å²) in [5.41, 5.74) is 0.401. The molecule has 2 N–H and O–H groups in total. The van der Waals surface area contributed by atoms with Gasteiger partial charge < -0.3 is 39.3 Å². The van der Waals surface area contributed by atoms with Crippen molar-refractivity contribution in [1.29, 1.82) is 0 Å². The van der Waals surface area contributed by atoms with E-state index < -0.39 is 29.9 Å². The lowest BCUT2D eigenvalue weighted by atomic mass is 10.1. The number of hydrogen-bond donors (Lipinski definition) is 2. The molecule has 0 bridgehead atoms. The minimum atomic E-state index is -1.14. The van der Waals surface area contributed by atoms with E-state index in [2.05, 4.69) is 10.3 Å². The summed E-state index contributed by atoms with van der Waals surface area (Å²) in [6.07, 6.45) is 0.795. The van der Waals surface area contributed by atoms with E-state index in [1.54, 1.807) is 36.1 Å². The van der Waals surface area contributed by atoms with Gasteiger partial charge in [0.15, 0.2) is 6.61 Å². The van der Waals surface area contributed by atoms with Gasteiger partial charge in [0.2, 0.25) is 5.91 Å². The maximum atomic E-state index is 13.5. The van der Waals surface area contributed by atoms with Gasteiger partial charge in [0, 0.05) is 57.2 Å². The normalized spacial score (nSPS) is 17.2. The van der Waals surface area contributed by atoms with E-state index in [-0.39, 0.29) is 75.6 Å². The quantitative estimate of drug-likeness (QED) is 0.335. The SMILES string of the molecule is CCOCC1CCCN1C(=O)COc1cc(C(=O)N[C@@H](CCC(=O)O)C(=O)N2CCN(C(=O)OCC)CC2)nc2ccccc12. The Morgan fingerprint density at radius 2 is 1.76 bits per heavy atom. The average molecular weight is 628 g/mol. The molecule has 4 amide bonds. The molecule has 2 aromatic rings. The van der Waals surface area contributed by atoms with Gasteiger partial charge in [-0.2, -0.15) is 0 Å². The Bertz CT molecular complexity index is 1380. The van der Waals surface area contributed by atoms with Crippen LogP contribution < -0.4 is 10.1 Å². The first-order valence-corrected chi connectivity index (χ1v) is 15.3. The number of amides is 4. The van der Waals surface area contributed by atoms with Crippen molar-refractivity contribution in [1.82, 2.24) is 25.0 Å². The van der Waals surface area contributed by atoms with Gasteiger partial charge in [0.05, 0.1) is 24.8 Å². The number of carbonyl (C=O) groups excluding carboxylic acids is 4. The molecule has 1 aromatic heterocycles. The summed E-state index contributed by atoms with van der Waals surface area (Å²) in [6, 6.07) is 7.29. The first kappa shape index (κ1) is 33.4. The van der Waals surface area contributed by atoms with Gasteiger partial charge in [0.1, 0.15) is 17.5 Å². The average Bonchev–Trinajstić information content (AvgIpc) is 3.52. The van der Waals surface area contributed by atoms with Crippen molar-refractivity contribution in [2.24, 2.45) is 0 Å². The number of pyridine rings is 1. The molecule has 2 aliphatic rings. The van der Waals surface area contributed by atoms with Crippen LogP contribution in [0.25, 0.3) is 10.9 Å². The number of rotatable bonds is 13. The summed E-state index contributed by atoms with van der Waals surface area (Å²) in [5.74, 6) is -2.17. The second-order valence-electron chi connectivity index (χ2n) is 10.8. The molecule has 2 atom stereocenters. The Labute approximate surface area is 261 Å². The molecule has 1 unspecified atom stereocenters. The minimum absolute atomic E-state index is 0.00927. The second kappa shape index (κ2) is 16.0. The van der Waals surface area contributed by atoms with Crippen LogP contribution in [0.15, 0.2) is 30.3 Å². The van der Waals surface area contributed by atoms with E-state index in [1.807, 2.05) is 6.92 Å². The number of carboxylic acids is 1. The van der Waals surface area contributed by atoms with Crippen molar-refractivity contribution in [3.05, 3.63) is 36.0 Å². The van der Waals surface area contributed by atoms with Crippen LogP contribution in [0.1, 0.15) is 50.0 Å². The summed E-state index contributed by atoms with van der Waals surface area (Å²) in [4.78, 5) is 72.6. The number of hydrogen-bond acceptors (Lipinski definition) is 9. The topological polar surface area (TPSA) is 168 Å². The standard InChI is InChI=1S/C31H41N5O9/c1-3-43-19-21-8-7-13-36(21)27(37)20-45-26-18-25(32-23-10-6-5-9-22(23)26)29(40)33-24(11-12-28(38)39)30(41)34-14-16-35(17-15-34)31(42)44-4-2/h5-6,9-10,18,21,24H,3-4,7-8,11-17,19-20H2,1-2H3,(H,33,40)(H,38,39)/t21?,24-/m0/s1. The Balaban J connectivity index is 1.47. The van der Waals surface area contributed by atoms with E-state index >= 15 is 0 Å². The van der Waals surface area contributed by atoms with Crippen LogP contribution in [0.5, 0.6) is 5.75 Å². The number of aromatic nitrogens is 1. The molecule has 0 saturated carbocycles. The maximum absolute atomic E-state index is 13.5. The van der Waals surface area contributed by atoms with Crippen LogP contribution in [0.4, 0.5) is 4.79 Å². The highest BCUT2D eigenvalue weighted by Gasteiger charge is 2.32. The fraction of sp³-hybridized carbons (Fsp3) is 0.548. The van der Waals surface area contributed by atoms with Gasteiger partial charge in [-0.1, -0.05) is 12.1 Å². The smallest absolute Gasteiger partial charge is 0.409 e. The molecule has 1 aromatic carbocycles. The summed E-state index contributed by atoms with van der Waals surface area (Å²) in [7, 11) is 0. The predicted octanol–water partition coefficient (Wildman–Crippen LogP) is 1.91. The maximum Gasteiger partial charge on any atom is 0.409 e. The van der Waals surface area contributed by atoms with Gasteiger partial charge in [0.25, 0.3) is 11.8 Å². The zero-order valence-electron chi connectivity index (χ0n) is 25.7. The molecule has 2 aliphatic heterocycles. The molecular weight excluding hydrogens is 586 g/mol. The summed E-state index contributed by atoms with van der Waals surface area (Å²) < 4.78 is 16.5. The molecule has 45 heavy (non-hydrogen) atoms. The van der Waals surface area contributed by atoms with Crippen LogP contribution in [0.2, 0.25) is 0 Å². The number of aliphatic carboxylic acids is 1. The highest BCUT2D eigenvalue weighted by Crippen LogP contribution is 2.26. The largest absolute Gasteiger partial charge is 0.483 e. The number of nitrogens with zero attached hydrogens (tertiary/aromatic N) is 4. The molecular formula is C31H41N5O9. The molecule has 14 nitrogen and oxygen atoms in total. The zero-order valence-corrected chi connectivity index (χ0v) is 25.7. The van der Waals surface area contributed by atoms with Crippen LogP contribution in [0.3, 0.4) is 0 Å². The summed E-state index contributed by atoms with van der Waals surface area (Å²) in [5, 5.41) is 12.6. The molecule has 14 heteroatoms. The molecule has 2 fully saturated rings. The monoisotopic (exact) mass is 627 g/mol. The number of para-hydroxylation sites is 1. The van der Waals surface area contributed by atoms with Crippen molar-refractivity contribution in [3.8, 4) is 5.75 Å². The Kier molecular flexibility index (Phi) is 11.9. The first-order chi connectivity index (χ1) is 21.7. The molecule has 3 heterocycles. The number of piperazine rings is 1. The lowest BCUT2D eigenvalue weighted by Gasteiger charge is -2.35. The molecule has 0 radical (unpaired) electrons. The number of carboxylic acid groups (broad SMARTS) is 1. The van der Waals surface area contributed by atoms with Crippen LogP contribution >= 0.6 is 0 Å². The summed E-state index contributed by atoms with van der Waals surface area (Å²) >= 11 is 0. The number of nitrogens with one attached hydrogen (secondary N) is 1. The number of benzene rings is 1. The van der Waals surface area contributed by atoms with Crippen molar-refractivity contribution in [2.45, 2.75) is 51.6 Å². The Morgan fingerprint density at radius 1 is 1.02 bits per heavy atom. The van der Waals surface area contributed by atoms with Crippen LogP contribution in [-0.4, -0.2) is 126 Å². The number of ether oxygens (including phenoxy) is 3. The van der Waals surface area contributed by atoms with Crippen molar-refractivity contribution in [3.63, 3.8) is 0 Å².